The Balaban J connectivity index is 2.33. The Bertz CT molecular complexity index is 421. The van der Waals surface area contributed by atoms with E-state index in [0.29, 0.717) is 13.0 Å². The molecule has 1 N–H and O–H groups in total. The molecule has 0 aliphatic rings. The van der Waals surface area contributed by atoms with E-state index in [1.807, 2.05) is 0 Å². The number of nitrogens with one attached hydrogen (secondary N) is 1. The number of carbonyl (C=O) groups is 2. The minimum atomic E-state index is -0.644. The van der Waals surface area contributed by atoms with Crippen molar-refractivity contribution in [2.75, 3.05) is 0 Å². The van der Waals surface area contributed by atoms with Gasteiger partial charge in [-0.2, -0.15) is 0 Å². The standard InChI is InChI=1S/C13H21N3O3/c1-10(12(18)19-13(2,3)4)15-11(17)5-7-16-8-6-14-9-16/h6,8-10H,5,7H2,1-4H3,(H,15,17)/t10-/m0/s1. The molecule has 0 spiro atoms. The van der Waals surface area contributed by atoms with Crippen LogP contribution in [-0.2, 0) is 20.9 Å². The van der Waals surface area contributed by atoms with Gasteiger partial charge in [-0.25, -0.2) is 9.78 Å². The Kier molecular flexibility index (Phi) is 5.09. The summed E-state index contributed by atoms with van der Waals surface area (Å²) in [6, 6.07) is -0.644. The molecule has 1 amide bonds. The van der Waals surface area contributed by atoms with Gasteiger partial charge in [-0.15, -0.1) is 0 Å². The van der Waals surface area contributed by atoms with E-state index in [-0.39, 0.29) is 5.91 Å². The predicted octanol–water partition coefficient (Wildman–Crippen LogP) is 1.12. The van der Waals surface area contributed by atoms with E-state index >= 15 is 0 Å². The quantitative estimate of drug-likeness (QED) is 0.811. The molecule has 1 aromatic heterocycles. The molecule has 0 bridgehead atoms. The first-order valence-corrected chi connectivity index (χ1v) is 6.26. The van der Waals surface area contributed by atoms with Gasteiger partial charge in [-0.05, 0) is 27.7 Å². The summed E-state index contributed by atoms with van der Waals surface area (Å²) in [4.78, 5) is 27.2. The second-order valence-corrected chi connectivity index (χ2v) is 5.37. The maximum Gasteiger partial charge on any atom is 0.328 e. The number of rotatable bonds is 5. The molecule has 106 valence electrons. The highest BCUT2D eigenvalue weighted by Gasteiger charge is 2.22. The Morgan fingerprint density at radius 3 is 2.63 bits per heavy atom. The van der Waals surface area contributed by atoms with Crippen molar-refractivity contribution in [1.82, 2.24) is 14.9 Å². The first-order valence-electron chi connectivity index (χ1n) is 6.26. The molecule has 0 saturated carbocycles. The Morgan fingerprint density at radius 1 is 1.42 bits per heavy atom. The first kappa shape index (κ1) is 15.2. The number of imidazole rings is 1. The van der Waals surface area contributed by atoms with E-state index in [9.17, 15) is 9.59 Å². The summed E-state index contributed by atoms with van der Waals surface area (Å²) in [6.45, 7) is 7.52. The lowest BCUT2D eigenvalue weighted by atomic mass is 10.2. The summed E-state index contributed by atoms with van der Waals surface area (Å²) >= 11 is 0. The third-order valence-electron chi connectivity index (χ3n) is 2.29. The van der Waals surface area contributed by atoms with Gasteiger partial charge in [0.1, 0.15) is 11.6 Å². The highest BCUT2D eigenvalue weighted by molar-refractivity contribution is 5.84. The molecule has 19 heavy (non-hydrogen) atoms. The third-order valence-corrected chi connectivity index (χ3v) is 2.29. The van der Waals surface area contributed by atoms with E-state index in [1.165, 1.54) is 0 Å². The fourth-order valence-corrected chi connectivity index (χ4v) is 1.41. The second-order valence-electron chi connectivity index (χ2n) is 5.37. The van der Waals surface area contributed by atoms with E-state index in [1.54, 1.807) is 51.0 Å². The Hall–Kier alpha value is -1.85. The highest BCUT2D eigenvalue weighted by Crippen LogP contribution is 2.08. The lowest BCUT2D eigenvalue weighted by Crippen LogP contribution is -2.42. The molecule has 1 rings (SSSR count). The SMILES string of the molecule is C[C@H](NC(=O)CCn1ccnc1)C(=O)OC(C)(C)C. The minimum Gasteiger partial charge on any atom is -0.458 e. The molecular formula is C13H21N3O3. The number of hydrogen-bond donors (Lipinski definition) is 1. The van der Waals surface area contributed by atoms with Crippen molar-refractivity contribution < 1.29 is 14.3 Å². The fraction of sp³-hybridized carbons (Fsp3) is 0.615. The van der Waals surface area contributed by atoms with Crippen molar-refractivity contribution in [3.8, 4) is 0 Å². The summed E-state index contributed by atoms with van der Waals surface area (Å²) < 4.78 is 6.99. The van der Waals surface area contributed by atoms with Crippen LogP contribution in [0.2, 0.25) is 0 Å². The van der Waals surface area contributed by atoms with E-state index in [0.717, 1.165) is 0 Å². The number of ether oxygens (including phenoxy) is 1. The van der Waals surface area contributed by atoms with Crippen LogP contribution >= 0.6 is 0 Å². The molecule has 1 aromatic rings. The van der Waals surface area contributed by atoms with Gasteiger partial charge in [0.05, 0.1) is 6.33 Å². The van der Waals surface area contributed by atoms with Crippen molar-refractivity contribution >= 4 is 11.9 Å². The molecule has 0 unspecified atom stereocenters. The molecule has 0 radical (unpaired) electrons. The summed E-state index contributed by atoms with van der Waals surface area (Å²) in [5, 5.41) is 2.62. The lowest BCUT2D eigenvalue weighted by molar-refractivity contribution is -0.158. The minimum absolute atomic E-state index is 0.188. The molecular weight excluding hydrogens is 246 g/mol. The zero-order chi connectivity index (χ0) is 14.5. The van der Waals surface area contributed by atoms with Crippen LogP contribution in [0.4, 0.5) is 0 Å². The number of amides is 1. The molecule has 0 aliphatic heterocycles. The maximum absolute atomic E-state index is 11.7. The van der Waals surface area contributed by atoms with Crippen LogP contribution in [0.1, 0.15) is 34.1 Å². The van der Waals surface area contributed by atoms with Crippen LogP contribution < -0.4 is 5.32 Å². The highest BCUT2D eigenvalue weighted by atomic mass is 16.6. The number of hydrogen-bond acceptors (Lipinski definition) is 4. The van der Waals surface area contributed by atoms with Crippen LogP contribution in [0.25, 0.3) is 0 Å². The smallest absolute Gasteiger partial charge is 0.328 e. The van der Waals surface area contributed by atoms with Gasteiger partial charge in [0.25, 0.3) is 0 Å². The van der Waals surface area contributed by atoms with Crippen LogP contribution in [0.15, 0.2) is 18.7 Å². The average molecular weight is 267 g/mol. The molecule has 1 atom stereocenters. The van der Waals surface area contributed by atoms with Gasteiger partial charge in [0.2, 0.25) is 5.91 Å². The number of carbonyl (C=O) groups excluding carboxylic acids is 2. The summed E-state index contributed by atoms with van der Waals surface area (Å²) in [5.41, 5.74) is -0.549. The van der Waals surface area contributed by atoms with Gasteiger partial charge < -0.3 is 14.6 Å². The summed E-state index contributed by atoms with van der Waals surface area (Å²) in [7, 11) is 0. The second kappa shape index (κ2) is 6.36. The van der Waals surface area contributed by atoms with Gasteiger partial charge >= 0.3 is 5.97 Å². The first-order chi connectivity index (χ1) is 8.78. The lowest BCUT2D eigenvalue weighted by Gasteiger charge is -2.22. The maximum atomic E-state index is 11.7. The monoisotopic (exact) mass is 267 g/mol. The Labute approximate surface area is 113 Å². The van der Waals surface area contributed by atoms with Crippen molar-refractivity contribution in [2.24, 2.45) is 0 Å². The predicted molar refractivity (Wildman–Crippen MR) is 70.3 cm³/mol. The van der Waals surface area contributed by atoms with Crippen molar-refractivity contribution in [3.63, 3.8) is 0 Å². The molecule has 1 heterocycles. The molecule has 0 fully saturated rings. The Morgan fingerprint density at radius 2 is 2.11 bits per heavy atom. The number of aryl methyl sites for hydroxylation is 1. The molecule has 0 aromatic carbocycles. The van der Waals surface area contributed by atoms with Gasteiger partial charge in [0, 0.05) is 25.4 Å². The average Bonchev–Trinajstić information content (AvgIpc) is 2.76. The summed E-state index contributed by atoms with van der Waals surface area (Å²) in [5.74, 6) is -0.615. The van der Waals surface area contributed by atoms with Gasteiger partial charge in [0.15, 0.2) is 0 Å². The van der Waals surface area contributed by atoms with Gasteiger partial charge in [-0.3, -0.25) is 4.79 Å². The molecule has 0 aliphatic carbocycles. The van der Waals surface area contributed by atoms with E-state index in [2.05, 4.69) is 10.3 Å². The topological polar surface area (TPSA) is 73.2 Å². The van der Waals surface area contributed by atoms with Crippen LogP contribution in [0.3, 0.4) is 0 Å². The largest absolute Gasteiger partial charge is 0.458 e. The zero-order valence-electron chi connectivity index (χ0n) is 11.8. The summed E-state index contributed by atoms with van der Waals surface area (Å²) in [6.07, 6.45) is 5.37. The van der Waals surface area contributed by atoms with Crippen molar-refractivity contribution in [3.05, 3.63) is 18.7 Å². The third kappa shape index (κ3) is 6.03. The normalized spacial score (nSPS) is 12.8. The fourth-order valence-electron chi connectivity index (χ4n) is 1.41. The van der Waals surface area contributed by atoms with Crippen LogP contribution in [0.5, 0.6) is 0 Å². The molecule has 6 heteroatoms. The zero-order valence-corrected chi connectivity index (χ0v) is 11.8. The van der Waals surface area contributed by atoms with Crippen molar-refractivity contribution in [2.45, 2.75) is 52.3 Å². The van der Waals surface area contributed by atoms with Crippen molar-refractivity contribution in [1.29, 1.82) is 0 Å². The van der Waals surface area contributed by atoms with E-state index in [4.69, 9.17) is 4.74 Å². The number of aromatic nitrogens is 2. The molecule has 6 nitrogen and oxygen atoms in total. The molecule has 0 saturated heterocycles. The van der Waals surface area contributed by atoms with Crippen LogP contribution in [0, 0.1) is 0 Å². The van der Waals surface area contributed by atoms with Gasteiger partial charge in [-0.1, -0.05) is 0 Å². The van der Waals surface area contributed by atoms with E-state index < -0.39 is 17.6 Å². The number of nitrogens with zero attached hydrogens (tertiary/aromatic N) is 2. The number of esters is 1. The van der Waals surface area contributed by atoms with Crippen LogP contribution in [-0.4, -0.2) is 33.1 Å².